The van der Waals surface area contributed by atoms with Crippen molar-refractivity contribution in [3.05, 3.63) is 29.3 Å². The van der Waals surface area contributed by atoms with Crippen molar-refractivity contribution in [2.75, 3.05) is 19.6 Å². The average molecular weight is 611 g/mol. The second kappa shape index (κ2) is 13.6. The lowest BCUT2D eigenvalue weighted by Crippen LogP contribution is -2.61. The van der Waals surface area contributed by atoms with Crippen molar-refractivity contribution in [3.63, 3.8) is 0 Å². The Morgan fingerprint density at radius 3 is 2.10 bits per heavy atom. The Morgan fingerprint density at radius 1 is 0.952 bits per heavy atom. The number of hydrogen-bond acceptors (Lipinski definition) is 6. The lowest BCUT2D eigenvalue weighted by atomic mass is 9.52. The zero-order chi connectivity index (χ0) is 31.3. The summed E-state index contributed by atoms with van der Waals surface area (Å²) in [5.41, 5.74) is 8.81. The summed E-state index contributed by atoms with van der Waals surface area (Å²) in [5.74, 6) is -3.30. The molecule has 5 rings (SSSR count). The fourth-order valence-corrected chi connectivity index (χ4v) is 6.66. The van der Waals surface area contributed by atoms with Gasteiger partial charge in [-0.15, -0.1) is 0 Å². The summed E-state index contributed by atoms with van der Waals surface area (Å²) >= 11 is 0. The molecule has 0 unspecified atom stereocenters. The number of halogens is 6. The van der Waals surface area contributed by atoms with Crippen LogP contribution in [-0.4, -0.2) is 71.0 Å². The van der Waals surface area contributed by atoms with Crippen molar-refractivity contribution in [2.24, 2.45) is 17.6 Å². The molecule has 14 heteroatoms. The van der Waals surface area contributed by atoms with Gasteiger partial charge in [-0.2, -0.15) is 26.3 Å². The molecular formula is C28H36F6N2O6. The van der Waals surface area contributed by atoms with Crippen LogP contribution < -0.4 is 10.5 Å². The number of piperidine rings is 1. The molecule has 0 amide bonds. The number of ether oxygens (including phenoxy) is 1. The van der Waals surface area contributed by atoms with Gasteiger partial charge in [0.05, 0.1) is 6.42 Å². The van der Waals surface area contributed by atoms with E-state index >= 15 is 0 Å². The van der Waals surface area contributed by atoms with Gasteiger partial charge in [-0.05, 0) is 80.2 Å². The van der Waals surface area contributed by atoms with E-state index in [9.17, 15) is 31.1 Å². The molecule has 1 aliphatic heterocycles. The average Bonchev–Trinajstić information content (AvgIpc) is 2.87. The second-order valence-corrected chi connectivity index (χ2v) is 11.3. The fourth-order valence-electron chi connectivity index (χ4n) is 6.66. The first kappa shape index (κ1) is 33.6. The smallest absolute Gasteiger partial charge is 0.475 e. The maximum Gasteiger partial charge on any atom is 0.490 e. The molecule has 3 fully saturated rings. The molecule has 42 heavy (non-hydrogen) atoms. The lowest BCUT2D eigenvalue weighted by Gasteiger charge is -2.59. The maximum atomic E-state index is 11.9. The van der Waals surface area contributed by atoms with Crippen LogP contribution in [0.2, 0.25) is 0 Å². The zero-order valence-electron chi connectivity index (χ0n) is 23.0. The number of aliphatic carboxylic acids is 2. The highest BCUT2D eigenvalue weighted by Gasteiger charge is 2.54. The summed E-state index contributed by atoms with van der Waals surface area (Å²) in [6.07, 6.45) is 2.25. The Bertz CT molecular complexity index is 1100. The van der Waals surface area contributed by atoms with Gasteiger partial charge >= 0.3 is 30.3 Å². The molecule has 4 N–H and O–H groups in total. The third-order valence-electron chi connectivity index (χ3n) is 8.71. The minimum absolute atomic E-state index is 0.218. The van der Waals surface area contributed by atoms with Crippen molar-refractivity contribution < 1.29 is 55.7 Å². The number of carbonyl (C=O) groups is 3. The molecule has 1 aromatic carbocycles. The van der Waals surface area contributed by atoms with Crippen LogP contribution in [-0.2, 0) is 26.2 Å². The standard InChI is InChI=1S/C24H34N2O2.2C2HF3O2/c25-12-9-23(27)28-19-8-7-18-14-22-20-6-1-2-10-24(20,21(18)15-19)11-13-26(22)16-17-4-3-5-17;2*3-2(4,5)1(6)7/h7-8,15,17,20,22H,1-6,9-14,16,25H2;2*(H,6,7)/t20-,22+,24+;;/m0../s1. The number of hydrogen-bond donors (Lipinski definition) is 3. The van der Waals surface area contributed by atoms with E-state index < -0.39 is 24.3 Å². The number of nitrogens with zero attached hydrogens (tertiary/aromatic N) is 1. The molecule has 1 heterocycles. The molecule has 0 aromatic heterocycles. The summed E-state index contributed by atoms with van der Waals surface area (Å²) < 4.78 is 69.1. The number of carbonyl (C=O) groups excluding carboxylic acids is 1. The molecule has 0 radical (unpaired) electrons. The molecule has 0 spiro atoms. The number of carboxylic acid groups (broad SMARTS) is 2. The largest absolute Gasteiger partial charge is 0.490 e. The first-order valence-electron chi connectivity index (χ1n) is 14.0. The SMILES string of the molecule is NCCC(=O)Oc1ccc2c(c1)[C@@]13CCCC[C@H]1[C@@H](C2)N(CC1CCC1)CC3.O=C(O)C(F)(F)F.O=C(O)C(F)(F)F. The van der Waals surface area contributed by atoms with E-state index in [1.807, 2.05) is 6.07 Å². The topological polar surface area (TPSA) is 130 Å². The molecule has 4 aliphatic rings. The van der Waals surface area contributed by atoms with Crippen molar-refractivity contribution >= 4 is 17.9 Å². The Hall–Kier alpha value is -2.87. The predicted octanol–water partition coefficient (Wildman–Crippen LogP) is 5.07. The number of carboxylic acids is 2. The van der Waals surface area contributed by atoms with Crippen molar-refractivity contribution in [1.82, 2.24) is 4.90 Å². The van der Waals surface area contributed by atoms with Crippen LogP contribution in [0.5, 0.6) is 5.75 Å². The molecule has 2 saturated carbocycles. The molecule has 236 valence electrons. The number of likely N-dealkylation sites (tertiary alicyclic amines) is 1. The van der Waals surface area contributed by atoms with Crippen molar-refractivity contribution in [2.45, 2.75) is 88.0 Å². The minimum atomic E-state index is -5.08. The Labute approximate surface area is 239 Å². The maximum absolute atomic E-state index is 11.9. The number of benzene rings is 1. The van der Waals surface area contributed by atoms with E-state index in [1.165, 1.54) is 82.0 Å². The number of rotatable bonds is 5. The minimum Gasteiger partial charge on any atom is -0.475 e. The fraction of sp³-hybridized carbons (Fsp3) is 0.679. The van der Waals surface area contributed by atoms with E-state index in [2.05, 4.69) is 17.0 Å². The number of alkyl halides is 6. The first-order valence-corrected chi connectivity index (χ1v) is 14.0. The highest BCUT2D eigenvalue weighted by molar-refractivity contribution is 5.73. The summed E-state index contributed by atoms with van der Waals surface area (Å²) in [6, 6.07) is 7.17. The van der Waals surface area contributed by atoms with Gasteiger partial charge in [-0.1, -0.05) is 25.3 Å². The predicted molar refractivity (Wildman–Crippen MR) is 138 cm³/mol. The van der Waals surface area contributed by atoms with Crippen molar-refractivity contribution in [1.29, 1.82) is 0 Å². The van der Waals surface area contributed by atoms with Crippen LogP contribution >= 0.6 is 0 Å². The van der Waals surface area contributed by atoms with Gasteiger partial charge in [0.25, 0.3) is 0 Å². The van der Waals surface area contributed by atoms with E-state index in [-0.39, 0.29) is 12.4 Å². The van der Waals surface area contributed by atoms with Crippen LogP contribution in [0.4, 0.5) is 26.3 Å². The quantitative estimate of drug-likeness (QED) is 0.240. The van der Waals surface area contributed by atoms with E-state index in [1.54, 1.807) is 0 Å². The van der Waals surface area contributed by atoms with Crippen LogP contribution in [0.1, 0.15) is 68.9 Å². The lowest BCUT2D eigenvalue weighted by molar-refractivity contribution is -0.193. The highest BCUT2D eigenvalue weighted by Crippen LogP contribution is 2.56. The van der Waals surface area contributed by atoms with Crippen LogP contribution in [0.15, 0.2) is 18.2 Å². The first-order chi connectivity index (χ1) is 19.6. The molecule has 8 nitrogen and oxygen atoms in total. The normalized spacial score (nSPS) is 25.2. The van der Waals surface area contributed by atoms with Gasteiger partial charge in [0.2, 0.25) is 0 Å². The van der Waals surface area contributed by atoms with Crippen LogP contribution in [0.25, 0.3) is 0 Å². The third-order valence-corrected chi connectivity index (χ3v) is 8.71. The third kappa shape index (κ3) is 8.15. The number of fused-ring (bicyclic) bond motifs is 1. The molecule has 2 bridgehead atoms. The summed E-state index contributed by atoms with van der Waals surface area (Å²) in [5, 5.41) is 14.2. The van der Waals surface area contributed by atoms with Crippen LogP contribution in [0.3, 0.4) is 0 Å². The number of nitrogens with two attached hydrogens (primary N) is 1. The zero-order valence-corrected chi connectivity index (χ0v) is 23.0. The van der Waals surface area contributed by atoms with Gasteiger partial charge in [-0.25, -0.2) is 9.59 Å². The molecule has 3 atom stereocenters. The van der Waals surface area contributed by atoms with Gasteiger partial charge in [-0.3, -0.25) is 9.69 Å². The Balaban J connectivity index is 0.000000289. The molecule has 3 aliphatic carbocycles. The van der Waals surface area contributed by atoms with E-state index in [4.69, 9.17) is 30.3 Å². The van der Waals surface area contributed by atoms with Gasteiger partial charge in [0, 0.05) is 24.5 Å². The molecule has 1 aromatic rings. The van der Waals surface area contributed by atoms with Gasteiger partial charge in [0.15, 0.2) is 0 Å². The molecule has 1 saturated heterocycles. The summed E-state index contributed by atoms with van der Waals surface area (Å²) in [6.45, 7) is 2.91. The van der Waals surface area contributed by atoms with E-state index in [0.29, 0.717) is 23.8 Å². The number of esters is 1. The van der Waals surface area contributed by atoms with Gasteiger partial charge in [0.1, 0.15) is 5.75 Å². The Kier molecular flexibility index (Phi) is 10.9. The monoisotopic (exact) mass is 610 g/mol. The second-order valence-electron chi connectivity index (χ2n) is 11.3. The van der Waals surface area contributed by atoms with Gasteiger partial charge < -0.3 is 20.7 Å². The Morgan fingerprint density at radius 2 is 1.57 bits per heavy atom. The summed E-state index contributed by atoms with van der Waals surface area (Å²) in [4.78, 5) is 32.6. The highest BCUT2D eigenvalue weighted by atomic mass is 19.4. The molecular weight excluding hydrogens is 574 g/mol. The van der Waals surface area contributed by atoms with Crippen molar-refractivity contribution in [3.8, 4) is 5.75 Å². The summed E-state index contributed by atoms with van der Waals surface area (Å²) in [7, 11) is 0. The van der Waals surface area contributed by atoms with E-state index in [0.717, 1.165) is 11.8 Å². The van der Waals surface area contributed by atoms with Crippen LogP contribution in [0, 0.1) is 11.8 Å².